The molecule has 214 valence electrons. The topological polar surface area (TPSA) is 97.0 Å². The molecular formula is C27H28F3N9OS. The molecule has 1 amide bonds. The summed E-state index contributed by atoms with van der Waals surface area (Å²) in [6.07, 6.45) is 9.28. The van der Waals surface area contributed by atoms with Gasteiger partial charge in [0.1, 0.15) is 11.5 Å². The Balaban J connectivity index is 1.12. The second-order valence-electron chi connectivity index (χ2n) is 10.8. The molecule has 0 spiro atoms. The van der Waals surface area contributed by atoms with Crippen molar-refractivity contribution in [1.82, 2.24) is 34.0 Å². The molecule has 4 aromatic heterocycles. The van der Waals surface area contributed by atoms with Gasteiger partial charge in [0, 0.05) is 62.1 Å². The minimum absolute atomic E-state index is 0.204. The molecule has 0 aromatic carbocycles. The molecule has 0 radical (unpaired) electrons. The predicted molar refractivity (Wildman–Crippen MR) is 148 cm³/mol. The number of aromatic nitrogens is 6. The molecule has 4 aromatic rings. The number of hydrogen-bond acceptors (Lipinski definition) is 8. The average Bonchev–Trinajstić information content (AvgIpc) is 3.82. The zero-order valence-electron chi connectivity index (χ0n) is 22.1. The maximum absolute atomic E-state index is 13.3. The van der Waals surface area contributed by atoms with Crippen LogP contribution in [0.1, 0.15) is 53.8 Å². The van der Waals surface area contributed by atoms with Gasteiger partial charge in [-0.25, -0.2) is 19.9 Å². The third-order valence-electron chi connectivity index (χ3n) is 7.63. The van der Waals surface area contributed by atoms with Gasteiger partial charge in [0.15, 0.2) is 10.8 Å². The molecule has 0 unspecified atom stereocenters. The molecule has 3 fully saturated rings. The van der Waals surface area contributed by atoms with E-state index in [1.54, 1.807) is 30.2 Å². The first kappa shape index (κ1) is 26.1. The summed E-state index contributed by atoms with van der Waals surface area (Å²) in [5, 5.41) is 5.37. The fraction of sp³-hybridized carbons (Fsp3) is 0.444. The van der Waals surface area contributed by atoms with Crippen molar-refractivity contribution >= 4 is 28.7 Å². The van der Waals surface area contributed by atoms with Gasteiger partial charge in [-0.3, -0.25) is 9.69 Å². The summed E-state index contributed by atoms with van der Waals surface area (Å²) in [5.41, 5.74) is 2.65. The van der Waals surface area contributed by atoms with E-state index in [1.807, 2.05) is 21.9 Å². The first-order valence-corrected chi connectivity index (χ1v) is 14.6. The lowest BCUT2D eigenvalue weighted by Crippen LogP contribution is -2.49. The third kappa shape index (κ3) is 5.71. The summed E-state index contributed by atoms with van der Waals surface area (Å²) in [7, 11) is 0. The van der Waals surface area contributed by atoms with Crippen LogP contribution in [0.5, 0.6) is 0 Å². The highest BCUT2D eigenvalue weighted by Crippen LogP contribution is 2.40. The normalized spacial score (nSPS) is 18.2. The molecule has 10 nitrogen and oxygen atoms in total. The lowest BCUT2D eigenvalue weighted by atomic mass is 10.2. The number of carbonyl (C=O) groups is 1. The number of alkyl halides is 3. The average molecular weight is 584 g/mol. The van der Waals surface area contributed by atoms with Crippen molar-refractivity contribution in [2.24, 2.45) is 0 Å². The second-order valence-corrected chi connectivity index (χ2v) is 11.7. The van der Waals surface area contributed by atoms with E-state index in [0.29, 0.717) is 36.6 Å². The van der Waals surface area contributed by atoms with Crippen LogP contribution >= 0.6 is 11.3 Å². The number of nitrogens with one attached hydrogen (secondary N) is 1. The molecule has 41 heavy (non-hydrogen) atoms. The summed E-state index contributed by atoms with van der Waals surface area (Å²) in [4.78, 5) is 34.8. The molecule has 2 saturated carbocycles. The predicted octanol–water partition coefficient (Wildman–Crippen LogP) is 4.74. The number of pyridine rings is 1. The van der Waals surface area contributed by atoms with Gasteiger partial charge in [0.2, 0.25) is 0 Å². The van der Waals surface area contributed by atoms with Crippen LogP contribution in [0.2, 0.25) is 0 Å². The van der Waals surface area contributed by atoms with Gasteiger partial charge in [-0.05, 0) is 31.7 Å². The number of carbonyl (C=O) groups excluding carboxylic acids is 1. The van der Waals surface area contributed by atoms with Gasteiger partial charge in [0.25, 0.3) is 5.91 Å². The fourth-order valence-corrected chi connectivity index (χ4v) is 5.96. The molecule has 5 heterocycles. The summed E-state index contributed by atoms with van der Waals surface area (Å²) < 4.78 is 42.7. The Morgan fingerprint density at radius 2 is 1.85 bits per heavy atom. The molecule has 1 N–H and O–H groups in total. The van der Waals surface area contributed by atoms with Crippen molar-refractivity contribution in [3.05, 3.63) is 53.9 Å². The number of halogens is 3. The monoisotopic (exact) mass is 583 g/mol. The summed E-state index contributed by atoms with van der Waals surface area (Å²) in [6, 6.07) is 2.17. The minimum atomic E-state index is -4.23. The number of hydrogen-bond donors (Lipinski definition) is 1. The van der Waals surface area contributed by atoms with Gasteiger partial charge >= 0.3 is 6.18 Å². The van der Waals surface area contributed by atoms with Crippen LogP contribution in [-0.2, 0) is 0 Å². The second kappa shape index (κ2) is 10.2. The molecule has 0 bridgehead atoms. The van der Waals surface area contributed by atoms with Crippen molar-refractivity contribution in [1.29, 1.82) is 0 Å². The van der Waals surface area contributed by atoms with Crippen molar-refractivity contribution < 1.29 is 18.0 Å². The SMILES string of the molecule is O=C(Nc1csc(-c2nccn2C2CC2)n1)c1cc(-n2cnc(C3CC3)c2)c(N2CCN(CC(F)(F)F)CC2)cn1. The summed E-state index contributed by atoms with van der Waals surface area (Å²) in [5.74, 6) is 1.26. The van der Waals surface area contributed by atoms with Crippen molar-refractivity contribution in [2.75, 3.05) is 42.9 Å². The number of anilines is 2. The highest BCUT2D eigenvalue weighted by atomic mass is 32.1. The summed E-state index contributed by atoms with van der Waals surface area (Å²) in [6.45, 7) is 0.475. The Hall–Kier alpha value is -3.78. The number of piperazine rings is 1. The summed E-state index contributed by atoms with van der Waals surface area (Å²) >= 11 is 1.42. The molecule has 14 heteroatoms. The van der Waals surface area contributed by atoms with Crippen molar-refractivity contribution in [3.8, 4) is 16.5 Å². The largest absolute Gasteiger partial charge is 0.401 e. The van der Waals surface area contributed by atoms with E-state index < -0.39 is 18.6 Å². The Kier molecular flexibility index (Phi) is 6.53. The first-order chi connectivity index (χ1) is 19.8. The first-order valence-electron chi connectivity index (χ1n) is 13.7. The molecule has 1 saturated heterocycles. The number of thiazole rings is 1. The maximum atomic E-state index is 13.3. The Morgan fingerprint density at radius 3 is 2.59 bits per heavy atom. The van der Waals surface area contributed by atoms with Crippen LogP contribution in [0.3, 0.4) is 0 Å². The van der Waals surface area contributed by atoms with Gasteiger partial charge in [-0.15, -0.1) is 11.3 Å². The Bertz CT molecular complexity index is 1560. The van der Waals surface area contributed by atoms with Gasteiger partial charge < -0.3 is 19.4 Å². The molecule has 7 rings (SSSR count). The lowest BCUT2D eigenvalue weighted by Gasteiger charge is -2.37. The zero-order valence-corrected chi connectivity index (χ0v) is 22.9. The van der Waals surface area contributed by atoms with Crippen LogP contribution in [0, 0.1) is 0 Å². The molecule has 0 atom stereocenters. The number of amides is 1. The van der Waals surface area contributed by atoms with Gasteiger partial charge in [0.05, 0.1) is 36.1 Å². The smallest absolute Gasteiger partial charge is 0.366 e. The van der Waals surface area contributed by atoms with E-state index in [1.165, 1.54) is 16.2 Å². The van der Waals surface area contributed by atoms with Gasteiger partial charge in [-0.2, -0.15) is 13.2 Å². The lowest BCUT2D eigenvalue weighted by molar-refractivity contribution is -0.146. The van der Waals surface area contributed by atoms with E-state index in [4.69, 9.17) is 0 Å². The zero-order chi connectivity index (χ0) is 28.1. The third-order valence-corrected chi connectivity index (χ3v) is 8.47. The van der Waals surface area contributed by atoms with E-state index in [0.717, 1.165) is 47.9 Å². The van der Waals surface area contributed by atoms with E-state index >= 15 is 0 Å². The minimum Gasteiger partial charge on any atom is -0.366 e. The number of imidazole rings is 2. The number of rotatable bonds is 8. The van der Waals surface area contributed by atoms with Gasteiger partial charge in [-0.1, -0.05) is 0 Å². The quantitative estimate of drug-likeness (QED) is 0.320. The standard InChI is InChI=1S/C27H28F3N9OS/c28-27(29,30)15-36-7-9-37(10-8-36)22-12-32-19(11-21(22)38-13-20(33-16-38)17-1-2-17)25(40)34-23-14-41-26(35-23)24-31-5-6-39(24)18-3-4-18/h5-6,11-14,16-18H,1-4,7-10,15H2,(H,34,40). The van der Waals surface area contributed by atoms with Crippen molar-refractivity contribution in [3.63, 3.8) is 0 Å². The fourth-order valence-electron chi connectivity index (χ4n) is 5.21. The van der Waals surface area contributed by atoms with Crippen LogP contribution in [0.4, 0.5) is 24.7 Å². The molecular weight excluding hydrogens is 555 g/mol. The van der Waals surface area contributed by atoms with E-state index in [2.05, 4.69) is 29.8 Å². The van der Waals surface area contributed by atoms with E-state index in [9.17, 15) is 18.0 Å². The molecule has 2 aliphatic carbocycles. The highest BCUT2D eigenvalue weighted by Gasteiger charge is 2.33. The number of nitrogens with zero attached hydrogens (tertiary/aromatic N) is 8. The Morgan fingerprint density at radius 1 is 1.05 bits per heavy atom. The van der Waals surface area contributed by atoms with Crippen LogP contribution in [0.15, 0.2) is 42.6 Å². The van der Waals surface area contributed by atoms with E-state index in [-0.39, 0.29) is 18.8 Å². The van der Waals surface area contributed by atoms with Crippen LogP contribution in [-0.4, -0.2) is 78.8 Å². The highest BCUT2D eigenvalue weighted by molar-refractivity contribution is 7.13. The Labute approximate surface area is 237 Å². The molecule has 1 aliphatic heterocycles. The molecule has 3 aliphatic rings. The maximum Gasteiger partial charge on any atom is 0.401 e. The van der Waals surface area contributed by atoms with Crippen LogP contribution in [0.25, 0.3) is 16.5 Å². The van der Waals surface area contributed by atoms with Crippen molar-refractivity contribution in [2.45, 2.75) is 43.8 Å². The van der Waals surface area contributed by atoms with Crippen LogP contribution < -0.4 is 10.2 Å².